The van der Waals surface area contributed by atoms with Gasteiger partial charge in [-0.05, 0) is 89.4 Å². The Morgan fingerprint density at radius 1 is 0.933 bits per heavy atom. The highest BCUT2D eigenvalue weighted by atomic mass is 16.2. The van der Waals surface area contributed by atoms with E-state index in [9.17, 15) is 14.4 Å². The molecule has 3 N–H and O–H groups in total. The SMILES string of the molecule is CC(C)NC(=O)C1CCCC(NC(=O)CCNC(=O)C23CC4CC(CC(C4)C2)C3)C1. The van der Waals surface area contributed by atoms with Gasteiger partial charge in [0, 0.05) is 36.4 Å². The van der Waals surface area contributed by atoms with Crippen molar-refractivity contribution in [1.29, 1.82) is 0 Å². The second-order valence-electron chi connectivity index (χ2n) is 11.0. The first-order valence-corrected chi connectivity index (χ1v) is 12.2. The summed E-state index contributed by atoms with van der Waals surface area (Å²) in [6.07, 6.45) is 11.0. The predicted molar refractivity (Wildman–Crippen MR) is 115 cm³/mol. The van der Waals surface area contributed by atoms with Crippen LogP contribution in [-0.4, -0.2) is 36.3 Å². The van der Waals surface area contributed by atoms with Gasteiger partial charge in [0.25, 0.3) is 0 Å². The number of hydrogen-bond donors (Lipinski definition) is 3. The number of nitrogens with one attached hydrogen (secondary N) is 3. The standard InChI is InChI=1S/C24H39N3O3/c1-15(2)26-22(29)19-4-3-5-20(11-19)27-21(28)6-7-25-23(30)24-12-16-8-17(13-24)10-18(9-16)14-24/h15-20H,3-14H2,1-2H3,(H,25,30)(H,26,29)(H,27,28). The van der Waals surface area contributed by atoms with Crippen LogP contribution in [0.25, 0.3) is 0 Å². The largest absolute Gasteiger partial charge is 0.355 e. The van der Waals surface area contributed by atoms with Gasteiger partial charge < -0.3 is 16.0 Å². The highest BCUT2D eigenvalue weighted by Crippen LogP contribution is 2.60. The van der Waals surface area contributed by atoms with Crippen molar-refractivity contribution in [2.75, 3.05) is 6.54 Å². The van der Waals surface area contributed by atoms with Gasteiger partial charge in [0.15, 0.2) is 0 Å². The summed E-state index contributed by atoms with van der Waals surface area (Å²) in [4.78, 5) is 37.7. The summed E-state index contributed by atoms with van der Waals surface area (Å²) < 4.78 is 0. The molecular weight excluding hydrogens is 378 g/mol. The van der Waals surface area contributed by atoms with Crippen LogP contribution < -0.4 is 16.0 Å². The normalized spacial score (nSPS) is 37.1. The lowest BCUT2D eigenvalue weighted by atomic mass is 9.49. The number of carbonyl (C=O) groups is 3. The van der Waals surface area contributed by atoms with Gasteiger partial charge in [0.1, 0.15) is 0 Å². The fourth-order valence-electron chi connectivity index (χ4n) is 7.13. The molecule has 4 bridgehead atoms. The first kappa shape index (κ1) is 21.6. The maximum absolute atomic E-state index is 13.0. The summed E-state index contributed by atoms with van der Waals surface area (Å²) >= 11 is 0. The highest BCUT2D eigenvalue weighted by molar-refractivity contribution is 5.84. The smallest absolute Gasteiger partial charge is 0.226 e. The third kappa shape index (κ3) is 4.83. The molecule has 30 heavy (non-hydrogen) atoms. The number of carbonyl (C=O) groups excluding carboxylic acids is 3. The summed E-state index contributed by atoms with van der Waals surface area (Å²) in [5.41, 5.74) is -0.147. The van der Waals surface area contributed by atoms with E-state index >= 15 is 0 Å². The molecule has 0 spiro atoms. The first-order chi connectivity index (χ1) is 14.3. The van der Waals surface area contributed by atoms with E-state index in [0.717, 1.165) is 56.3 Å². The van der Waals surface area contributed by atoms with Crippen LogP contribution in [0.3, 0.4) is 0 Å². The van der Waals surface area contributed by atoms with Crippen molar-refractivity contribution in [1.82, 2.24) is 16.0 Å². The molecular formula is C24H39N3O3. The number of rotatable bonds is 7. The number of amides is 3. The summed E-state index contributed by atoms with van der Waals surface area (Å²) in [7, 11) is 0. The van der Waals surface area contributed by atoms with Gasteiger partial charge >= 0.3 is 0 Å². The van der Waals surface area contributed by atoms with E-state index in [-0.39, 0.29) is 41.1 Å². The van der Waals surface area contributed by atoms with Gasteiger partial charge in [-0.2, -0.15) is 0 Å². The highest BCUT2D eigenvalue weighted by Gasteiger charge is 2.54. The zero-order valence-electron chi connectivity index (χ0n) is 18.7. The van der Waals surface area contributed by atoms with E-state index in [0.29, 0.717) is 19.4 Å². The summed E-state index contributed by atoms with van der Waals surface area (Å²) in [5.74, 6) is 2.51. The van der Waals surface area contributed by atoms with Crippen molar-refractivity contribution in [2.24, 2.45) is 29.1 Å². The summed E-state index contributed by atoms with van der Waals surface area (Å²) in [6.45, 7) is 4.35. The van der Waals surface area contributed by atoms with Crippen LogP contribution in [0.1, 0.15) is 84.5 Å². The molecule has 0 aromatic carbocycles. The van der Waals surface area contributed by atoms with Gasteiger partial charge in [-0.1, -0.05) is 6.42 Å². The lowest BCUT2D eigenvalue weighted by Crippen LogP contribution is -2.54. The lowest BCUT2D eigenvalue weighted by molar-refractivity contribution is -0.146. The van der Waals surface area contributed by atoms with Gasteiger partial charge in [0.2, 0.25) is 17.7 Å². The summed E-state index contributed by atoms with van der Waals surface area (Å²) in [5, 5.41) is 9.18. The van der Waals surface area contributed by atoms with Crippen LogP contribution in [-0.2, 0) is 14.4 Å². The average Bonchev–Trinajstić information content (AvgIpc) is 2.66. The van der Waals surface area contributed by atoms with Crippen LogP contribution in [0.2, 0.25) is 0 Å². The van der Waals surface area contributed by atoms with Crippen molar-refractivity contribution in [3.8, 4) is 0 Å². The average molecular weight is 418 g/mol. The zero-order chi connectivity index (χ0) is 21.3. The van der Waals surface area contributed by atoms with Crippen LogP contribution in [0.15, 0.2) is 0 Å². The van der Waals surface area contributed by atoms with E-state index in [4.69, 9.17) is 0 Å². The van der Waals surface area contributed by atoms with Crippen LogP contribution in [0.5, 0.6) is 0 Å². The Bertz CT molecular complexity index is 639. The Morgan fingerprint density at radius 3 is 2.17 bits per heavy atom. The summed E-state index contributed by atoms with van der Waals surface area (Å²) in [6, 6.07) is 0.207. The van der Waals surface area contributed by atoms with Crippen molar-refractivity contribution in [2.45, 2.75) is 96.6 Å². The molecule has 5 rings (SSSR count). The second-order valence-corrected chi connectivity index (χ2v) is 11.0. The number of hydrogen-bond acceptors (Lipinski definition) is 3. The van der Waals surface area contributed by atoms with Gasteiger partial charge in [0.05, 0.1) is 0 Å². The quantitative estimate of drug-likeness (QED) is 0.595. The maximum atomic E-state index is 13.0. The first-order valence-electron chi connectivity index (χ1n) is 12.2. The molecule has 0 aromatic rings. The molecule has 0 aromatic heterocycles. The molecule has 2 unspecified atom stereocenters. The van der Waals surface area contributed by atoms with Gasteiger partial charge in [-0.3, -0.25) is 14.4 Å². The van der Waals surface area contributed by atoms with Crippen molar-refractivity contribution in [3.05, 3.63) is 0 Å². The molecule has 5 aliphatic carbocycles. The van der Waals surface area contributed by atoms with Gasteiger partial charge in [-0.15, -0.1) is 0 Å². The Labute approximate surface area is 180 Å². The van der Waals surface area contributed by atoms with Crippen molar-refractivity contribution in [3.63, 3.8) is 0 Å². The van der Waals surface area contributed by atoms with E-state index < -0.39 is 0 Å². The van der Waals surface area contributed by atoms with E-state index in [1.54, 1.807) is 0 Å². The molecule has 6 heteroatoms. The predicted octanol–water partition coefficient (Wildman–Crippen LogP) is 2.91. The topological polar surface area (TPSA) is 87.3 Å². The van der Waals surface area contributed by atoms with Crippen LogP contribution in [0, 0.1) is 29.1 Å². The minimum Gasteiger partial charge on any atom is -0.355 e. The maximum Gasteiger partial charge on any atom is 0.226 e. The molecule has 168 valence electrons. The fraction of sp³-hybridized carbons (Fsp3) is 0.875. The second kappa shape index (κ2) is 8.88. The Hall–Kier alpha value is -1.59. The van der Waals surface area contributed by atoms with E-state index in [1.165, 1.54) is 19.3 Å². The molecule has 0 aliphatic heterocycles. The Balaban J connectivity index is 1.19. The zero-order valence-corrected chi connectivity index (χ0v) is 18.7. The molecule has 3 amide bonds. The molecule has 6 nitrogen and oxygen atoms in total. The van der Waals surface area contributed by atoms with Crippen LogP contribution in [0.4, 0.5) is 0 Å². The van der Waals surface area contributed by atoms with Crippen molar-refractivity contribution >= 4 is 17.7 Å². The minimum atomic E-state index is -0.147. The van der Waals surface area contributed by atoms with Crippen LogP contribution >= 0.6 is 0 Å². The minimum absolute atomic E-state index is 0.0118. The third-order valence-electron chi connectivity index (χ3n) is 8.00. The Morgan fingerprint density at radius 2 is 1.57 bits per heavy atom. The van der Waals surface area contributed by atoms with E-state index in [1.807, 2.05) is 13.8 Å². The molecule has 5 saturated carbocycles. The van der Waals surface area contributed by atoms with E-state index in [2.05, 4.69) is 16.0 Å². The third-order valence-corrected chi connectivity index (χ3v) is 8.00. The molecule has 2 atom stereocenters. The molecule has 0 radical (unpaired) electrons. The van der Waals surface area contributed by atoms with Gasteiger partial charge in [-0.25, -0.2) is 0 Å². The molecule has 0 heterocycles. The molecule has 0 saturated heterocycles. The lowest BCUT2D eigenvalue weighted by Gasteiger charge is -2.55. The monoisotopic (exact) mass is 417 g/mol. The fourth-order valence-corrected chi connectivity index (χ4v) is 7.13. The Kier molecular flexibility index (Phi) is 6.40. The van der Waals surface area contributed by atoms with Crippen molar-refractivity contribution < 1.29 is 14.4 Å². The molecule has 5 fully saturated rings. The molecule has 5 aliphatic rings.